The van der Waals surface area contributed by atoms with Crippen LogP contribution in [0.15, 0.2) is 56.6 Å². The van der Waals surface area contributed by atoms with Crippen LogP contribution < -0.4 is 10.7 Å². The molecule has 3 heterocycles. The Morgan fingerprint density at radius 2 is 1.87 bits per heavy atom. The van der Waals surface area contributed by atoms with Gasteiger partial charge in [0.05, 0.1) is 10.4 Å². The molecule has 1 atom stereocenters. The summed E-state index contributed by atoms with van der Waals surface area (Å²) >= 11 is 0. The van der Waals surface area contributed by atoms with Gasteiger partial charge in [0.25, 0.3) is 0 Å². The van der Waals surface area contributed by atoms with Gasteiger partial charge < -0.3 is 9.32 Å². The smallest absolute Gasteiger partial charge is 0.408 e. The molecule has 1 aromatic heterocycles. The number of carbonyl (C=O) groups excluding carboxylic acids is 1. The first-order valence-corrected chi connectivity index (χ1v) is 11.8. The van der Waals surface area contributed by atoms with Crippen molar-refractivity contribution in [2.24, 2.45) is 0 Å². The highest BCUT2D eigenvalue weighted by molar-refractivity contribution is 7.89. The van der Waals surface area contributed by atoms with Crippen molar-refractivity contribution in [1.82, 2.24) is 8.87 Å². The lowest BCUT2D eigenvalue weighted by molar-refractivity contribution is -0.119. The van der Waals surface area contributed by atoms with Gasteiger partial charge in [-0.3, -0.25) is 9.36 Å². The lowest BCUT2D eigenvalue weighted by Gasteiger charge is -2.22. The average molecular weight is 442 g/mol. The quantitative estimate of drug-likeness (QED) is 0.620. The number of oxazole rings is 1. The van der Waals surface area contributed by atoms with Crippen molar-refractivity contribution in [2.75, 3.05) is 18.0 Å². The first kappa shape index (κ1) is 20.0. The van der Waals surface area contributed by atoms with Crippen molar-refractivity contribution >= 4 is 32.7 Å². The number of rotatable bonds is 4. The standard InChI is InChI=1S/C22H23N3O5S/c1-15-12-16-6-2-3-7-18(16)25(15)21(26)14-24-19-9-8-17(13-20(19)30-22(24)27)31(28,29)23-10-4-5-11-23/h2-3,6-9,13,15H,4-5,10-12,14H2,1H3/t15-/m0/s1. The van der Waals surface area contributed by atoms with Crippen LogP contribution in [0.25, 0.3) is 11.1 Å². The van der Waals surface area contributed by atoms with E-state index in [9.17, 15) is 18.0 Å². The number of fused-ring (bicyclic) bond motifs is 2. The number of hydrogen-bond acceptors (Lipinski definition) is 5. The first-order valence-electron chi connectivity index (χ1n) is 10.4. The monoisotopic (exact) mass is 441 g/mol. The van der Waals surface area contributed by atoms with Crippen molar-refractivity contribution in [3.05, 3.63) is 58.6 Å². The lowest BCUT2D eigenvalue weighted by Crippen LogP contribution is -2.39. The fourth-order valence-corrected chi connectivity index (χ4v) is 6.12. The van der Waals surface area contributed by atoms with Crippen molar-refractivity contribution in [2.45, 2.75) is 43.7 Å². The molecule has 1 amide bonds. The fraction of sp³-hybridized carbons (Fsp3) is 0.364. The summed E-state index contributed by atoms with van der Waals surface area (Å²) < 4.78 is 33.6. The summed E-state index contributed by atoms with van der Waals surface area (Å²) in [5.41, 5.74) is 2.52. The molecular formula is C22H23N3O5S. The first-order chi connectivity index (χ1) is 14.9. The Bertz CT molecular complexity index is 1330. The summed E-state index contributed by atoms with van der Waals surface area (Å²) in [6.45, 7) is 2.79. The van der Waals surface area contributed by atoms with Crippen molar-refractivity contribution in [3.63, 3.8) is 0 Å². The van der Waals surface area contributed by atoms with E-state index < -0.39 is 15.8 Å². The fourth-order valence-electron chi connectivity index (χ4n) is 4.59. The minimum atomic E-state index is -3.62. The molecule has 162 valence electrons. The Kier molecular flexibility index (Phi) is 4.75. The summed E-state index contributed by atoms with van der Waals surface area (Å²) in [6.07, 6.45) is 2.45. The minimum Gasteiger partial charge on any atom is -0.408 e. The Balaban J connectivity index is 1.47. The number of hydrogen-bond donors (Lipinski definition) is 0. The number of carbonyl (C=O) groups is 1. The van der Waals surface area contributed by atoms with E-state index in [2.05, 4.69) is 0 Å². The van der Waals surface area contributed by atoms with Gasteiger partial charge in [0.1, 0.15) is 6.54 Å². The topological polar surface area (TPSA) is 92.8 Å². The van der Waals surface area contributed by atoms with E-state index in [1.54, 1.807) is 4.90 Å². The van der Waals surface area contributed by atoms with Gasteiger partial charge in [0, 0.05) is 30.9 Å². The van der Waals surface area contributed by atoms with E-state index in [0.717, 1.165) is 30.5 Å². The van der Waals surface area contributed by atoms with Gasteiger partial charge in [-0.15, -0.1) is 0 Å². The highest BCUT2D eigenvalue weighted by Gasteiger charge is 2.32. The van der Waals surface area contributed by atoms with E-state index >= 15 is 0 Å². The number of anilines is 1. The van der Waals surface area contributed by atoms with Gasteiger partial charge >= 0.3 is 5.76 Å². The molecule has 0 saturated carbocycles. The van der Waals surface area contributed by atoms with Crippen LogP contribution in [0.4, 0.5) is 5.69 Å². The highest BCUT2D eigenvalue weighted by Crippen LogP contribution is 2.32. The molecule has 8 nitrogen and oxygen atoms in total. The molecule has 31 heavy (non-hydrogen) atoms. The minimum absolute atomic E-state index is 0.00373. The van der Waals surface area contributed by atoms with Gasteiger partial charge in [-0.2, -0.15) is 4.31 Å². The largest absolute Gasteiger partial charge is 0.420 e. The second-order valence-corrected chi connectivity index (χ2v) is 10.1. The molecular weight excluding hydrogens is 418 g/mol. The third kappa shape index (κ3) is 3.28. The van der Waals surface area contributed by atoms with Gasteiger partial charge in [-0.1, -0.05) is 18.2 Å². The van der Waals surface area contributed by atoms with Crippen LogP contribution >= 0.6 is 0 Å². The van der Waals surface area contributed by atoms with Crippen molar-refractivity contribution in [1.29, 1.82) is 0 Å². The number of nitrogens with zero attached hydrogens (tertiary/aromatic N) is 3. The lowest BCUT2D eigenvalue weighted by atomic mass is 10.1. The SMILES string of the molecule is C[C@H]1Cc2ccccc2N1C(=O)Cn1c(=O)oc2cc(S(=O)(=O)N3CCCC3)ccc21. The number of sulfonamides is 1. The Morgan fingerprint density at radius 3 is 2.65 bits per heavy atom. The molecule has 0 spiro atoms. The molecule has 5 rings (SSSR count). The molecule has 1 fully saturated rings. The van der Waals surface area contributed by atoms with Crippen LogP contribution in [0.2, 0.25) is 0 Å². The van der Waals surface area contributed by atoms with E-state index in [1.165, 1.54) is 27.1 Å². The van der Waals surface area contributed by atoms with E-state index in [0.29, 0.717) is 18.6 Å². The summed E-state index contributed by atoms with van der Waals surface area (Å²) in [7, 11) is -3.62. The molecule has 1 saturated heterocycles. The molecule has 0 N–H and O–H groups in total. The molecule has 3 aromatic rings. The second-order valence-electron chi connectivity index (χ2n) is 8.14. The highest BCUT2D eigenvalue weighted by atomic mass is 32.2. The molecule has 0 bridgehead atoms. The Hall–Kier alpha value is -2.91. The molecule has 0 unspecified atom stereocenters. The number of benzene rings is 2. The molecule has 0 aliphatic carbocycles. The summed E-state index contributed by atoms with van der Waals surface area (Å²) in [6, 6.07) is 12.1. The van der Waals surface area contributed by atoms with Gasteiger partial charge in [0.15, 0.2) is 5.58 Å². The van der Waals surface area contributed by atoms with Crippen LogP contribution in [0.3, 0.4) is 0 Å². The van der Waals surface area contributed by atoms with Crippen LogP contribution in [0.1, 0.15) is 25.3 Å². The van der Waals surface area contributed by atoms with Crippen molar-refractivity contribution < 1.29 is 17.6 Å². The predicted molar refractivity (Wildman–Crippen MR) is 116 cm³/mol. The number of aromatic nitrogens is 1. The second kappa shape index (κ2) is 7.35. The normalized spacial score (nSPS) is 19.3. The van der Waals surface area contributed by atoms with Gasteiger partial charge in [0.2, 0.25) is 15.9 Å². The third-order valence-electron chi connectivity index (χ3n) is 6.11. The molecule has 2 aromatic carbocycles. The van der Waals surface area contributed by atoms with Gasteiger partial charge in [-0.05, 0) is 49.9 Å². The molecule has 2 aliphatic heterocycles. The van der Waals surface area contributed by atoms with E-state index in [1.807, 2.05) is 31.2 Å². The average Bonchev–Trinajstić information content (AvgIpc) is 3.45. The van der Waals surface area contributed by atoms with E-state index in [-0.39, 0.29) is 29.0 Å². The molecule has 0 radical (unpaired) electrons. The molecule has 2 aliphatic rings. The molecule has 9 heteroatoms. The summed E-state index contributed by atoms with van der Waals surface area (Å²) in [5, 5.41) is 0. The zero-order valence-corrected chi connectivity index (χ0v) is 18.0. The van der Waals surface area contributed by atoms with E-state index in [4.69, 9.17) is 4.42 Å². The summed E-state index contributed by atoms with van der Waals surface area (Å²) in [5.74, 6) is -0.893. The van der Waals surface area contributed by atoms with Gasteiger partial charge in [-0.25, -0.2) is 13.2 Å². The Labute approximate surface area is 179 Å². The predicted octanol–water partition coefficient (Wildman–Crippen LogP) is 2.36. The van der Waals surface area contributed by atoms with Crippen LogP contribution in [-0.4, -0.2) is 42.3 Å². The maximum absolute atomic E-state index is 13.1. The maximum atomic E-state index is 13.1. The third-order valence-corrected chi connectivity index (χ3v) is 8.01. The number of amides is 1. The zero-order valence-electron chi connectivity index (χ0n) is 17.2. The van der Waals surface area contributed by atoms with Crippen LogP contribution in [-0.2, 0) is 27.8 Å². The summed E-state index contributed by atoms with van der Waals surface area (Å²) in [4.78, 5) is 27.4. The Morgan fingerprint density at radius 1 is 1.13 bits per heavy atom. The van der Waals surface area contributed by atoms with Crippen molar-refractivity contribution in [3.8, 4) is 0 Å². The number of para-hydroxylation sites is 1. The van der Waals surface area contributed by atoms with Crippen LogP contribution in [0, 0.1) is 0 Å². The zero-order chi connectivity index (χ0) is 21.8. The van der Waals surface area contributed by atoms with Crippen LogP contribution in [0.5, 0.6) is 0 Å². The maximum Gasteiger partial charge on any atom is 0.420 e.